The molecular formula is C15H16ClFN2O. The Morgan fingerprint density at radius 3 is 2.85 bits per heavy atom. The molecule has 5 heteroatoms. The fourth-order valence-corrected chi connectivity index (χ4v) is 2.15. The molecule has 0 fully saturated rings. The number of Topliss-reactive ketones (excluding diaryl/α,β-unsaturated/α-hetero) is 1. The number of carbonyl (C=O) groups excluding carboxylic acids is 1. The van der Waals surface area contributed by atoms with Crippen LogP contribution in [0.15, 0.2) is 30.5 Å². The summed E-state index contributed by atoms with van der Waals surface area (Å²) in [6, 6.07) is 5.91. The first-order chi connectivity index (χ1) is 9.51. The summed E-state index contributed by atoms with van der Waals surface area (Å²) < 4.78 is 14.8. The molecule has 0 saturated heterocycles. The van der Waals surface area contributed by atoms with Crippen molar-refractivity contribution in [2.24, 2.45) is 0 Å². The van der Waals surface area contributed by atoms with Crippen LogP contribution in [0.2, 0.25) is 5.02 Å². The van der Waals surface area contributed by atoms with Crippen molar-refractivity contribution in [1.29, 1.82) is 0 Å². The highest BCUT2D eigenvalue weighted by Crippen LogP contribution is 2.19. The zero-order valence-electron chi connectivity index (χ0n) is 11.4. The van der Waals surface area contributed by atoms with Gasteiger partial charge in [0.2, 0.25) is 0 Å². The van der Waals surface area contributed by atoms with Gasteiger partial charge in [-0.3, -0.25) is 9.48 Å². The molecule has 3 nitrogen and oxygen atoms in total. The number of carbonyl (C=O) groups is 1. The third-order valence-corrected chi connectivity index (χ3v) is 3.59. The summed E-state index contributed by atoms with van der Waals surface area (Å²) in [6.07, 6.45) is 3.00. The summed E-state index contributed by atoms with van der Waals surface area (Å²) >= 11 is 5.88. The van der Waals surface area contributed by atoms with Crippen molar-refractivity contribution < 1.29 is 9.18 Å². The van der Waals surface area contributed by atoms with Crippen LogP contribution in [0.3, 0.4) is 0 Å². The molecule has 0 aliphatic heterocycles. The molecule has 0 radical (unpaired) electrons. The monoisotopic (exact) mass is 294 g/mol. The van der Waals surface area contributed by atoms with Gasteiger partial charge in [0.05, 0.1) is 17.1 Å². The van der Waals surface area contributed by atoms with E-state index in [2.05, 4.69) is 18.9 Å². The van der Waals surface area contributed by atoms with E-state index in [9.17, 15) is 9.18 Å². The van der Waals surface area contributed by atoms with Crippen LogP contribution in [0.1, 0.15) is 42.4 Å². The second-order valence-corrected chi connectivity index (χ2v) is 5.18. The van der Waals surface area contributed by atoms with Crippen molar-refractivity contribution in [3.05, 3.63) is 52.6 Å². The smallest absolute Gasteiger partial charge is 0.170 e. The Morgan fingerprint density at radius 1 is 1.45 bits per heavy atom. The van der Waals surface area contributed by atoms with E-state index in [0.29, 0.717) is 17.3 Å². The van der Waals surface area contributed by atoms with Gasteiger partial charge in [0.1, 0.15) is 5.82 Å². The van der Waals surface area contributed by atoms with Crippen LogP contribution < -0.4 is 0 Å². The van der Waals surface area contributed by atoms with Gasteiger partial charge in [0.25, 0.3) is 0 Å². The highest BCUT2D eigenvalue weighted by atomic mass is 35.5. The van der Waals surface area contributed by atoms with E-state index < -0.39 is 5.82 Å². The van der Waals surface area contributed by atoms with Crippen LogP contribution >= 0.6 is 11.6 Å². The molecule has 0 amide bonds. The summed E-state index contributed by atoms with van der Waals surface area (Å²) in [5.74, 6) is -0.614. The fraction of sp³-hybridized carbons (Fsp3) is 0.333. The van der Waals surface area contributed by atoms with Crippen molar-refractivity contribution in [2.45, 2.75) is 32.7 Å². The van der Waals surface area contributed by atoms with Gasteiger partial charge in [0, 0.05) is 17.8 Å². The molecule has 0 saturated carbocycles. The first kappa shape index (κ1) is 14.7. The minimum Gasteiger partial charge on any atom is -0.294 e. The van der Waals surface area contributed by atoms with E-state index in [-0.39, 0.29) is 17.2 Å². The zero-order chi connectivity index (χ0) is 14.7. The number of benzene rings is 1. The van der Waals surface area contributed by atoms with Crippen molar-refractivity contribution in [3.8, 4) is 0 Å². The molecule has 2 aromatic rings. The minimum absolute atomic E-state index is 0.136. The van der Waals surface area contributed by atoms with E-state index in [1.807, 2.05) is 16.9 Å². The maximum absolute atomic E-state index is 13.0. The number of hydrogen-bond donors (Lipinski definition) is 0. The Morgan fingerprint density at radius 2 is 2.20 bits per heavy atom. The summed E-state index contributed by atoms with van der Waals surface area (Å²) in [5, 5.41) is 4.51. The second-order valence-electron chi connectivity index (χ2n) is 4.77. The van der Waals surface area contributed by atoms with Crippen LogP contribution in [-0.4, -0.2) is 15.6 Å². The third-order valence-electron chi connectivity index (χ3n) is 3.28. The van der Waals surface area contributed by atoms with E-state index in [0.717, 1.165) is 12.5 Å². The number of halogens is 2. The van der Waals surface area contributed by atoms with Crippen LogP contribution in [0.4, 0.5) is 4.39 Å². The molecule has 0 spiro atoms. The van der Waals surface area contributed by atoms with Gasteiger partial charge >= 0.3 is 0 Å². The highest BCUT2D eigenvalue weighted by molar-refractivity contribution is 6.34. The number of nitrogens with zero attached hydrogens (tertiary/aromatic N) is 2. The van der Waals surface area contributed by atoms with E-state index in [4.69, 9.17) is 11.6 Å². The molecule has 1 aromatic heterocycles. The fourth-order valence-electron chi connectivity index (χ4n) is 1.88. The van der Waals surface area contributed by atoms with Gasteiger partial charge in [-0.25, -0.2) is 4.39 Å². The molecule has 0 aliphatic carbocycles. The van der Waals surface area contributed by atoms with Crippen molar-refractivity contribution in [2.75, 3.05) is 0 Å². The predicted molar refractivity (Wildman–Crippen MR) is 76.7 cm³/mol. The second kappa shape index (κ2) is 6.18. The van der Waals surface area contributed by atoms with Gasteiger partial charge in [-0.05, 0) is 37.6 Å². The molecule has 1 atom stereocenters. The first-order valence-electron chi connectivity index (χ1n) is 6.53. The summed E-state index contributed by atoms with van der Waals surface area (Å²) in [5.41, 5.74) is 1.02. The summed E-state index contributed by atoms with van der Waals surface area (Å²) in [7, 11) is 0. The Labute approximate surface area is 122 Å². The molecule has 0 bridgehead atoms. The molecule has 1 unspecified atom stereocenters. The Kier molecular flexibility index (Phi) is 4.55. The number of rotatable bonds is 5. The van der Waals surface area contributed by atoms with Crippen molar-refractivity contribution in [3.63, 3.8) is 0 Å². The van der Waals surface area contributed by atoms with Crippen molar-refractivity contribution in [1.82, 2.24) is 9.78 Å². The molecule has 1 heterocycles. The Bertz CT molecular complexity index is 624. The lowest BCUT2D eigenvalue weighted by atomic mass is 10.1. The lowest BCUT2D eigenvalue weighted by molar-refractivity contribution is 0.0992. The lowest BCUT2D eigenvalue weighted by Crippen LogP contribution is -2.08. The lowest BCUT2D eigenvalue weighted by Gasteiger charge is -2.08. The third kappa shape index (κ3) is 3.25. The van der Waals surface area contributed by atoms with E-state index in [1.165, 1.54) is 12.1 Å². The quantitative estimate of drug-likeness (QED) is 0.779. The van der Waals surface area contributed by atoms with Crippen molar-refractivity contribution >= 4 is 17.4 Å². The molecule has 0 aliphatic rings. The largest absolute Gasteiger partial charge is 0.294 e. The SMILES string of the molecule is CCC(C)n1ccc(CC(=O)c2ccc(F)cc2Cl)n1. The topological polar surface area (TPSA) is 34.9 Å². The highest BCUT2D eigenvalue weighted by Gasteiger charge is 2.14. The average Bonchev–Trinajstić information content (AvgIpc) is 2.86. The van der Waals surface area contributed by atoms with Crippen LogP contribution in [-0.2, 0) is 6.42 Å². The molecule has 106 valence electrons. The molecule has 20 heavy (non-hydrogen) atoms. The first-order valence-corrected chi connectivity index (χ1v) is 6.91. The maximum Gasteiger partial charge on any atom is 0.170 e. The number of aromatic nitrogens is 2. The number of ketones is 1. The van der Waals surface area contributed by atoms with E-state index in [1.54, 1.807) is 0 Å². The standard InChI is InChI=1S/C15H16ClFN2O/c1-3-10(2)19-7-6-12(18-19)9-15(20)13-5-4-11(17)8-14(13)16/h4-8,10H,3,9H2,1-2H3. The minimum atomic E-state index is -0.451. The number of hydrogen-bond acceptors (Lipinski definition) is 2. The molecular weight excluding hydrogens is 279 g/mol. The zero-order valence-corrected chi connectivity index (χ0v) is 12.2. The Hall–Kier alpha value is -1.68. The van der Waals surface area contributed by atoms with Gasteiger partial charge < -0.3 is 0 Å². The molecule has 0 N–H and O–H groups in total. The Balaban J connectivity index is 2.13. The molecule has 1 aromatic carbocycles. The van der Waals surface area contributed by atoms with Gasteiger partial charge in [-0.2, -0.15) is 5.10 Å². The van der Waals surface area contributed by atoms with Crippen LogP contribution in [0.25, 0.3) is 0 Å². The van der Waals surface area contributed by atoms with Crippen LogP contribution in [0, 0.1) is 5.82 Å². The molecule has 2 rings (SSSR count). The summed E-state index contributed by atoms with van der Waals surface area (Å²) in [4.78, 5) is 12.1. The maximum atomic E-state index is 13.0. The van der Waals surface area contributed by atoms with Gasteiger partial charge in [0.15, 0.2) is 5.78 Å². The normalized spacial score (nSPS) is 12.4. The van der Waals surface area contributed by atoms with Gasteiger partial charge in [-0.15, -0.1) is 0 Å². The summed E-state index contributed by atoms with van der Waals surface area (Å²) in [6.45, 7) is 4.14. The van der Waals surface area contributed by atoms with E-state index >= 15 is 0 Å². The average molecular weight is 295 g/mol. The van der Waals surface area contributed by atoms with Crippen LogP contribution in [0.5, 0.6) is 0 Å². The predicted octanol–water partition coefficient (Wildman–Crippen LogP) is 4.07. The van der Waals surface area contributed by atoms with Gasteiger partial charge in [-0.1, -0.05) is 18.5 Å².